The Morgan fingerprint density at radius 2 is 2.35 bits per heavy atom. The van der Waals surface area contributed by atoms with E-state index in [1.165, 1.54) is 12.1 Å². The predicted octanol–water partition coefficient (Wildman–Crippen LogP) is 2.27. The second-order valence-electron chi connectivity index (χ2n) is 4.16. The summed E-state index contributed by atoms with van der Waals surface area (Å²) in [6.07, 6.45) is 1.62. The molecule has 92 valence electrons. The van der Waals surface area contributed by atoms with Crippen LogP contribution in [0.25, 0.3) is 11.0 Å². The first kappa shape index (κ1) is 11.9. The molecule has 2 aromatic rings. The topological polar surface area (TPSA) is 60.9 Å². The largest absolute Gasteiger partial charge is 0.396 e. The van der Waals surface area contributed by atoms with Crippen molar-refractivity contribution in [2.45, 2.75) is 25.8 Å². The van der Waals surface area contributed by atoms with Crippen LogP contribution in [0.2, 0.25) is 0 Å². The van der Waals surface area contributed by atoms with Gasteiger partial charge in [0.15, 0.2) is 0 Å². The van der Waals surface area contributed by atoms with Crippen LogP contribution in [-0.2, 0) is 0 Å². The minimum absolute atomic E-state index is 0.192. The summed E-state index contributed by atoms with van der Waals surface area (Å²) in [7, 11) is 0. The van der Waals surface area contributed by atoms with Gasteiger partial charge >= 0.3 is 0 Å². The second-order valence-corrected chi connectivity index (χ2v) is 4.16. The molecule has 2 rings (SSSR count). The van der Waals surface area contributed by atoms with Gasteiger partial charge in [-0.3, -0.25) is 0 Å². The van der Waals surface area contributed by atoms with E-state index in [2.05, 4.69) is 15.3 Å². The maximum absolute atomic E-state index is 13.0. The number of imidazole rings is 1. The van der Waals surface area contributed by atoms with Gasteiger partial charge in [-0.1, -0.05) is 0 Å². The van der Waals surface area contributed by atoms with Crippen molar-refractivity contribution in [2.24, 2.45) is 0 Å². The van der Waals surface area contributed by atoms with E-state index in [1.54, 1.807) is 6.07 Å². The van der Waals surface area contributed by atoms with Gasteiger partial charge < -0.3 is 15.4 Å². The summed E-state index contributed by atoms with van der Waals surface area (Å²) in [5.74, 6) is 0.358. The molecule has 0 aliphatic rings. The third-order valence-electron chi connectivity index (χ3n) is 2.62. The number of aromatic nitrogens is 2. The zero-order valence-corrected chi connectivity index (χ0v) is 9.70. The Labute approximate surface area is 98.9 Å². The highest BCUT2D eigenvalue weighted by molar-refractivity contribution is 5.77. The molecule has 0 amide bonds. The molecule has 1 unspecified atom stereocenters. The molecule has 0 radical (unpaired) electrons. The molecule has 0 saturated carbocycles. The average Bonchev–Trinajstić information content (AvgIpc) is 2.67. The lowest BCUT2D eigenvalue weighted by Gasteiger charge is -2.11. The zero-order chi connectivity index (χ0) is 12.3. The Kier molecular flexibility index (Phi) is 3.58. The van der Waals surface area contributed by atoms with Gasteiger partial charge in [-0.15, -0.1) is 0 Å². The molecule has 5 heteroatoms. The van der Waals surface area contributed by atoms with Gasteiger partial charge in [0, 0.05) is 12.6 Å². The van der Waals surface area contributed by atoms with Crippen LogP contribution in [0.3, 0.4) is 0 Å². The van der Waals surface area contributed by atoms with Gasteiger partial charge in [-0.05, 0) is 38.0 Å². The van der Waals surface area contributed by atoms with Gasteiger partial charge in [0.1, 0.15) is 5.82 Å². The molecule has 4 nitrogen and oxygen atoms in total. The fraction of sp³-hybridized carbons (Fsp3) is 0.417. The van der Waals surface area contributed by atoms with Crippen molar-refractivity contribution in [3.05, 3.63) is 24.0 Å². The first-order valence-electron chi connectivity index (χ1n) is 5.71. The number of hydrogen-bond donors (Lipinski definition) is 3. The maximum Gasteiger partial charge on any atom is 0.201 e. The van der Waals surface area contributed by atoms with Gasteiger partial charge in [0.2, 0.25) is 5.95 Å². The number of H-pyrrole nitrogens is 1. The van der Waals surface area contributed by atoms with Gasteiger partial charge in [0.25, 0.3) is 0 Å². The van der Waals surface area contributed by atoms with Crippen molar-refractivity contribution < 1.29 is 9.50 Å². The number of fused-ring (bicyclic) bond motifs is 1. The van der Waals surface area contributed by atoms with Crippen molar-refractivity contribution in [3.63, 3.8) is 0 Å². The Hall–Kier alpha value is -1.62. The summed E-state index contributed by atoms with van der Waals surface area (Å²) in [5, 5.41) is 11.9. The first-order chi connectivity index (χ1) is 8.19. The van der Waals surface area contributed by atoms with Gasteiger partial charge in [-0.25, -0.2) is 9.37 Å². The Balaban J connectivity index is 2.08. The maximum atomic E-state index is 13.0. The van der Waals surface area contributed by atoms with Crippen LogP contribution in [0.4, 0.5) is 10.3 Å². The van der Waals surface area contributed by atoms with E-state index in [0.717, 1.165) is 18.4 Å². The van der Waals surface area contributed by atoms with Crippen LogP contribution in [0.5, 0.6) is 0 Å². The smallest absolute Gasteiger partial charge is 0.201 e. The number of anilines is 1. The van der Waals surface area contributed by atoms with Crippen LogP contribution < -0.4 is 5.32 Å². The lowest BCUT2D eigenvalue weighted by Crippen LogP contribution is -2.16. The highest BCUT2D eigenvalue weighted by atomic mass is 19.1. The third-order valence-corrected chi connectivity index (χ3v) is 2.62. The molecule has 0 spiro atoms. The van der Waals surface area contributed by atoms with E-state index in [4.69, 9.17) is 5.11 Å². The Morgan fingerprint density at radius 1 is 1.53 bits per heavy atom. The number of nitrogens with one attached hydrogen (secondary N) is 2. The van der Waals surface area contributed by atoms with E-state index < -0.39 is 0 Å². The predicted molar refractivity (Wildman–Crippen MR) is 65.5 cm³/mol. The van der Waals surface area contributed by atoms with E-state index >= 15 is 0 Å². The van der Waals surface area contributed by atoms with E-state index in [1.807, 2.05) is 6.92 Å². The highest BCUT2D eigenvalue weighted by Crippen LogP contribution is 2.16. The first-order valence-corrected chi connectivity index (χ1v) is 5.71. The summed E-state index contributed by atoms with van der Waals surface area (Å²) in [4.78, 5) is 7.33. The van der Waals surface area contributed by atoms with Crippen LogP contribution >= 0.6 is 0 Å². The molecule has 0 saturated heterocycles. The number of aliphatic hydroxyl groups is 1. The summed E-state index contributed by atoms with van der Waals surface area (Å²) in [5.41, 5.74) is 1.42. The number of benzene rings is 1. The molecule has 1 aromatic carbocycles. The third kappa shape index (κ3) is 2.94. The molecule has 0 bridgehead atoms. The number of nitrogens with zero attached hydrogens (tertiary/aromatic N) is 1. The zero-order valence-electron chi connectivity index (χ0n) is 9.70. The molecule has 3 N–H and O–H groups in total. The van der Waals surface area contributed by atoms with Crippen molar-refractivity contribution >= 4 is 17.0 Å². The van der Waals surface area contributed by atoms with Crippen LogP contribution in [-0.4, -0.2) is 27.7 Å². The van der Waals surface area contributed by atoms with E-state index in [-0.39, 0.29) is 18.5 Å². The SMILES string of the molecule is CC(CCCO)Nc1nc2ccc(F)cc2[nH]1. The van der Waals surface area contributed by atoms with Crippen LogP contribution in [0.15, 0.2) is 18.2 Å². The molecule has 0 fully saturated rings. The quantitative estimate of drug-likeness (QED) is 0.747. The number of rotatable bonds is 5. The number of aliphatic hydroxyl groups excluding tert-OH is 1. The van der Waals surface area contributed by atoms with Crippen molar-refractivity contribution in [2.75, 3.05) is 11.9 Å². The fourth-order valence-electron chi connectivity index (χ4n) is 1.75. The van der Waals surface area contributed by atoms with Crippen molar-refractivity contribution in [1.82, 2.24) is 9.97 Å². The minimum Gasteiger partial charge on any atom is -0.396 e. The van der Waals surface area contributed by atoms with E-state index in [0.29, 0.717) is 11.5 Å². The molecule has 1 heterocycles. The van der Waals surface area contributed by atoms with Gasteiger partial charge in [0.05, 0.1) is 11.0 Å². The highest BCUT2D eigenvalue weighted by Gasteiger charge is 2.06. The summed E-state index contributed by atoms with van der Waals surface area (Å²) < 4.78 is 13.0. The molecule has 17 heavy (non-hydrogen) atoms. The minimum atomic E-state index is -0.277. The molecule has 1 aromatic heterocycles. The molecular weight excluding hydrogens is 221 g/mol. The fourth-order valence-corrected chi connectivity index (χ4v) is 1.75. The normalized spacial score (nSPS) is 12.9. The van der Waals surface area contributed by atoms with Crippen molar-refractivity contribution in [3.8, 4) is 0 Å². The van der Waals surface area contributed by atoms with Gasteiger partial charge in [-0.2, -0.15) is 0 Å². The average molecular weight is 237 g/mol. The molecule has 0 aliphatic carbocycles. The van der Waals surface area contributed by atoms with Crippen molar-refractivity contribution in [1.29, 1.82) is 0 Å². The monoisotopic (exact) mass is 237 g/mol. The molecule has 0 aliphatic heterocycles. The lowest BCUT2D eigenvalue weighted by molar-refractivity contribution is 0.282. The molecular formula is C12H16FN3O. The molecule has 1 atom stereocenters. The van der Waals surface area contributed by atoms with E-state index in [9.17, 15) is 4.39 Å². The Morgan fingerprint density at radius 3 is 3.12 bits per heavy atom. The second kappa shape index (κ2) is 5.14. The summed E-state index contributed by atoms with van der Waals surface area (Å²) >= 11 is 0. The Bertz CT molecular complexity index is 497. The van der Waals surface area contributed by atoms with Crippen LogP contribution in [0.1, 0.15) is 19.8 Å². The summed E-state index contributed by atoms with van der Waals surface area (Å²) in [6.45, 7) is 2.21. The number of hydrogen-bond acceptors (Lipinski definition) is 3. The summed E-state index contributed by atoms with van der Waals surface area (Å²) in [6, 6.07) is 4.67. The lowest BCUT2D eigenvalue weighted by atomic mass is 10.2. The number of aromatic amines is 1. The standard InChI is InChI=1S/C12H16FN3O/c1-8(3-2-6-17)14-12-15-10-5-4-9(13)7-11(10)16-12/h4-5,7-8,17H,2-3,6H2,1H3,(H2,14,15,16). The van der Waals surface area contributed by atoms with Crippen LogP contribution in [0, 0.1) is 5.82 Å². The number of halogens is 1.